The van der Waals surface area contributed by atoms with Crippen LogP contribution in [0, 0.1) is 10.1 Å². The molecule has 7 nitrogen and oxygen atoms in total. The molecule has 2 aromatic heterocycles. The molecule has 5 rings (SSSR count). The van der Waals surface area contributed by atoms with Gasteiger partial charge in [-0.1, -0.05) is 46.9 Å². The SMILES string of the molecule is O=C(Nc1ccc(-c2nc3cc(Cl)cc(Cl)c3o2)cc1)c1sc2c([N+](=O)[O-])cccc2c1Cl. The van der Waals surface area contributed by atoms with Gasteiger partial charge in [0.15, 0.2) is 5.58 Å². The maximum Gasteiger partial charge on any atom is 0.287 e. The number of carbonyl (C=O) groups is 1. The zero-order valence-corrected chi connectivity index (χ0v) is 19.3. The lowest BCUT2D eigenvalue weighted by atomic mass is 10.2. The van der Waals surface area contributed by atoms with E-state index in [4.69, 9.17) is 39.2 Å². The Labute approximate surface area is 204 Å². The molecular formula is C22H10Cl3N3O4S. The average Bonchev–Trinajstić information content (AvgIpc) is 3.36. The molecule has 0 aliphatic rings. The number of hydrogen-bond donors (Lipinski definition) is 1. The second kappa shape index (κ2) is 8.31. The number of halogens is 3. The molecule has 0 saturated heterocycles. The standard InChI is InChI=1S/C22H10Cl3N3O4S/c23-11-8-14(24)18-15(9-11)27-22(32-18)10-4-6-12(7-5-10)26-21(29)20-17(25)13-2-1-3-16(28(30)31)19(13)33-20/h1-9H,(H,26,29). The predicted molar refractivity (Wildman–Crippen MR) is 131 cm³/mol. The number of rotatable bonds is 4. The van der Waals surface area contributed by atoms with Crippen LogP contribution in [0.1, 0.15) is 9.67 Å². The van der Waals surface area contributed by atoms with Gasteiger partial charge in [0, 0.05) is 27.7 Å². The van der Waals surface area contributed by atoms with Crippen LogP contribution in [0.5, 0.6) is 0 Å². The molecule has 0 spiro atoms. The van der Waals surface area contributed by atoms with Gasteiger partial charge in [0.1, 0.15) is 15.1 Å². The zero-order valence-electron chi connectivity index (χ0n) is 16.3. The molecular weight excluding hydrogens is 509 g/mol. The molecule has 0 bridgehead atoms. The second-order valence-corrected chi connectivity index (χ2v) is 9.18. The molecule has 0 atom stereocenters. The fraction of sp³-hybridized carbons (Fsp3) is 0. The van der Waals surface area contributed by atoms with Crippen molar-refractivity contribution in [2.75, 3.05) is 5.32 Å². The normalized spacial score (nSPS) is 11.2. The van der Waals surface area contributed by atoms with Gasteiger partial charge in [0.05, 0.1) is 15.0 Å². The van der Waals surface area contributed by atoms with Crippen molar-refractivity contribution in [3.8, 4) is 11.5 Å². The minimum Gasteiger partial charge on any atom is -0.435 e. The highest BCUT2D eigenvalue weighted by Gasteiger charge is 2.23. The number of hydrogen-bond acceptors (Lipinski definition) is 6. The Kier molecular flexibility index (Phi) is 5.46. The molecule has 1 N–H and O–H groups in total. The molecule has 0 saturated carbocycles. The molecule has 0 aliphatic carbocycles. The number of anilines is 1. The third kappa shape index (κ3) is 3.91. The van der Waals surface area contributed by atoms with E-state index in [1.807, 2.05) is 0 Å². The summed E-state index contributed by atoms with van der Waals surface area (Å²) in [5.41, 5.74) is 2.05. The number of fused-ring (bicyclic) bond motifs is 2. The van der Waals surface area contributed by atoms with Gasteiger partial charge in [-0.3, -0.25) is 14.9 Å². The quantitative estimate of drug-likeness (QED) is 0.193. The van der Waals surface area contributed by atoms with Crippen LogP contribution < -0.4 is 5.32 Å². The van der Waals surface area contributed by atoms with Gasteiger partial charge >= 0.3 is 0 Å². The van der Waals surface area contributed by atoms with Gasteiger partial charge in [0.2, 0.25) is 5.89 Å². The second-order valence-electron chi connectivity index (χ2n) is 6.94. The van der Waals surface area contributed by atoms with Crippen LogP contribution in [0.2, 0.25) is 15.1 Å². The molecule has 5 aromatic rings. The number of nitrogens with one attached hydrogen (secondary N) is 1. The first-order valence-corrected chi connectivity index (χ1v) is 11.3. The monoisotopic (exact) mass is 517 g/mol. The number of nitrogens with zero attached hydrogens (tertiary/aromatic N) is 2. The number of amides is 1. The van der Waals surface area contributed by atoms with Gasteiger partial charge in [0.25, 0.3) is 11.6 Å². The molecule has 11 heteroatoms. The molecule has 0 fully saturated rings. The summed E-state index contributed by atoms with van der Waals surface area (Å²) >= 11 is 19.5. The molecule has 0 unspecified atom stereocenters. The smallest absolute Gasteiger partial charge is 0.287 e. The zero-order chi connectivity index (χ0) is 23.3. The van der Waals surface area contributed by atoms with Gasteiger partial charge in [-0.05, 0) is 36.4 Å². The van der Waals surface area contributed by atoms with Crippen LogP contribution >= 0.6 is 46.1 Å². The Bertz CT molecular complexity index is 1580. The summed E-state index contributed by atoms with van der Waals surface area (Å²) in [7, 11) is 0. The van der Waals surface area contributed by atoms with E-state index < -0.39 is 10.8 Å². The summed E-state index contributed by atoms with van der Waals surface area (Å²) in [5.74, 6) is -0.113. The van der Waals surface area contributed by atoms with E-state index in [0.29, 0.717) is 48.4 Å². The number of benzene rings is 3. The molecule has 33 heavy (non-hydrogen) atoms. The number of thiophene rings is 1. The topological polar surface area (TPSA) is 98.3 Å². The van der Waals surface area contributed by atoms with E-state index in [1.165, 1.54) is 12.1 Å². The van der Waals surface area contributed by atoms with Crippen molar-refractivity contribution >= 4 is 84.6 Å². The summed E-state index contributed by atoms with van der Waals surface area (Å²) in [6.07, 6.45) is 0. The highest BCUT2D eigenvalue weighted by molar-refractivity contribution is 7.22. The Morgan fingerprint density at radius 2 is 1.85 bits per heavy atom. The van der Waals surface area contributed by atoms with Gasteiger partial charge in [-0.15, -0.1) is 11.3 Å². The number of non-ortho nitro benzene ring substituents is 1. The van der Waals surface area contributed by atoms with E-state index in [2.05, 4.69) is 10.3 Å². The number of nitro benzene ring substituents is 1. The molecule has 2 heterocycles. The number of carbonyl (C=O) groups excluding carboxylic acids is 1. The first-order chi connectivity index (χ1) is 15.8. The largest absolute Gasteiger partial charge is 0.435 e. The first kappa shape index (κ1) is 21.7. The van der Waals surface area contributed by atoms with Gasteiger partial charge < -0.3 is 9.73 Å². The molecule has 3 aromatic carbocycles. The summed E-state index contributed by atoms with van der Waals surface area (Å²) in [4.78, 5) is 28.2. The summed E-state index contributed by atoms with van der Waals surface area (Å²) in [6.45, 7) is 0. The minimum atomic E-state index is -0.497. The lowest BCUT2D eigenvalue weighted by Gasteiger charge is -2.04. The van der Waals surface area contributed by atoms with E-state index in [1.54, 1.807) is 42.5 Å². The predicted octanol–water partition coefficient (Wildman–Crippen LogP) is 7.83. The van der Waals surface area contributed by atoms with Crippen molar-refractivity contribution in [1.82, 2.24) is 4.98 Å². The highest BCUT2D eigenvalue weighted by Crippen LogP contribution is 2.40. The van der Waals surface area contributed by atoms with Crippen LogP contribution in [-0.2, 0) is 0 Å². The number of nitro groups is 1. The van der Waals surface area contributed by atoms with Gasteiger partial charge in [-0.25, -0.2) is 4.98 Å². The molecule has 1 amide bonds. The van der Waals surface area contributed by atoms with E-state index in [-0.39, 0.29) is 15.6 Å². The van der Waals surface area contributed by atoms with Crippen molar-refractivity contribution < 1.29 is 14.1 Å². The third-order valence-corrected chi connectivity index (χ3v) is 7.07. The molecule has 164 valence electrons. The molecule has 0 aliphatic heterocycles. The Balaban J connectivity index is 1.41. The average molecular weight is 519 g/mol. The van der Waals surface area contributed by atoms with Crippen molar-refractivity contribution in [3.63, 3.8) is 0 Å². The van der Waals surface area contributed by atoms with Crippen molar-refractivity contribution in [2.45, 2.75) is 0 Å². The van der Waals surface area contributed by atoms with E-state index in [0.717, 1.165) is 11.3 Å². The van der Waals surface area contributed by atoms with Crippen molar-refractivity contribution in [3.05, 3.63) is 84.7 Å². The van der Waals surface area contributed by atoms with Crippen molar-refractivity contribution in [1.29, 1.82) is 0 Å². The maximum absolute atomic E-state index is 12.8. The van der Waals surface area contributed by atoms with Crippen LogP contribution in [0.4, 0.5) is 11.4 Å². The fourth-order valence-electron chi connectivity index (χ4n) is 3.33. The summed E-state index contributed by atoms with van der Waals surface area (Å²) < 4.78 is 6.10. The van der Waals surface area contributed by atoms with Crippen LogP contribution in [0.25, 0.3) is 32.6 Å². The lowest BCUT2D eigenvalue weighted by Crippen LogP contribution is -2.10. The number of aromatic nitrogens is 1. The van der Waals surface area contributed by atoms with Crippen molar-refractivity contribution in [2.24, 2.45) is 0 Å². The highest BCUT2D eigenvalue weighted by atomic mass is 35.5. The van der Waals surface area contributed by atoms with Crippen LogP contribution in [-0.4, -0.2) is 15.8 Å². The Morgan fingerprint density at radius 1 is 1.09 bits per heavy atom. The lowest BCUT2D eigenvalue weighted by molar-refractivity contribution is -0.382. The van der Waals surface area contributed by atoms with E-state index >= 15 is 0 Å². The Morgan fingerprint density at radius 3 is 2.58 bits per heavy atom. The number of oxazole rings is 1. The molecule has 0 radical (unpaired) electrons. The van der Waals surface area contributed by atoms with Crippen LogP contribution in [0.3, 0.4) is 0 Å². The van der Waals surface area contributed by atoms with E-state index in [9.17, 15) is 14.9 Å². The third-order valence-electron chi connectivity index (χ3n) is 4.84. The Hall–Kier alpha value is -3.17. The van der Waals surface area contributed by atoms with Gasteiger partial charge in [-0.2, -0.15) is 0 Å². The fourth-order valence-corrected chi connectivity index (χ4v) is 5.34. The summed E-state index contributed by atoms with van der Waals surface area (Å²) in [6, 6.07) is 14.6. The first-order valence-electron chi connectivity index (χ1n) is 9.34. The minimum absolute atomic E-state index is 0.0949. The summed E-state index contributed by atoms with van der Waals surface area (Å²) in [5, 5.41) is 15.5. The maximum atomic E-state index is 12.8. The van der Waals surface area contributed by atoms with Crippen LogP contribution in [0.15, 0.2) is 59.0 Å².